The van der Waals surface area contributed by atoms with Gasteiger partial charge in [0.15, 0.2) is 5.69 Å². The number of pyridine rings is 1. The molecule has 0 spiro atoms. The first-order chi connectivity index (χ1) is 10.6. The maximum absolute atomic E-state index is 11.6. The van der Waals surface area contributed by atoms with Gasteiger partial charge in [0.1, 0.15) is 7.05 Å². The highest BCUT2D eigenvalue weighted by Crippen LogP contribution is 2.27. The average molecular weight is 295 g/mol. The first-order valence-corrected chi connectivity index (χ1v) is 7.36. The van der Waals surface area contributed by atoms with E-state index in [9.17, 15) is 4.79 Å². The lowest BCUT2D eigenvalue weighted by molar-refractivity contribution is -0.649. The highest BCUT2D eigenvalue weighted by Gasteiger charge is 2.15. The number of aromatic nitrogens is 1. The molecule has 4 nitrogen and oxygen atoms in total. The number of carbonyl (C=O) groups is 1. The summed E-state index contributed by atoms with van der Waals surface area (Å²) in [5.41, 5.74) is 3.09. The number of para-hydroxylation sites is 1. The second-order valence-electron chi connectivity index (χ2n) is 5.27. The van der Waals surface area contributed by atoms with E-state index in [1.54, 1.807) is 6.92 Å². The monoisotopic (exact) mass is 295 g/mol. The number of hydrogen-bond acceptors (Lipinski definition) is 2. The van der Waals surface area contributed by atoms with Gasteiger partial charge in [0.25, 0.3) is 0 Å². The predicted molar refractivity (Wildman–Crippen MR) is 88.0 cm³/mol. The van der Waals surface area contributed by atoms with Crippen LogP contribution in [-0.2, 0) is 11.8 Å². The third-order valence-corrected chi connectivity index (χ3v) is 3.99. The Kier molecular flexibility index (Phi) is 3.67. The van der Waals surface area contributed by atoms with E-state index in [4.69, 9.17) is 4.74 Å². The molecule has 0 aliphatic heterocycles. The summed E-state index contributed by atoms with van der Waals surface area (Å²) >= 11 is 0. The van der Waals surface area contributed by atoms with E-state index in [-0.39, 0.29) is 0 Å². The number of carbonyl (C=O) groups excluding carboxylic acids is 1. The van der Waals surface area contributed by atoms with Crippen molar-refractivity contribution in [3.8, 4) is 0 Å². The van der Waals surface area contributed by atoms with Crippen LogP contribution in [-0.4, -0.2) is 12.7 Å². The zero-order chi connectivity index (χ0) is 15.7. The van der Waals surface area contributed by atoms with Gasteiger partial charge in [-0.3, -0.25) is 5.32 Å². The van der Waals surface area contributed by atoms with E-state index in [0.29, 0.717) is 6.61 Å². The lowest BCUT2D eigenvalue weighted by Gasteiger charge is -2.09. The minimum Gasteiger partial charge on any atom is -0.450 e. The Morgan fingerprint density at radius 3 is 2.68 bits per heavy atom. The molecule has 0 fully saturated rings. The highest BCUT2D eigenvalue weighted by atomic mass is 16.5. The molecule has 0 aliphatic carbocycles. The molecule has 112 valence electrons. The van der Waals surface area contributed by atoms with Gasteiger partial charge in [-0.1, -0.05) is 18.2 Å². The molecule has 3 rings (SSSR count). The molecule has 0 atom stereocenters. The lowest BCUT2D eigenvalue weighted by atomic mass is 10.0. The number of rotatable bonds is 2. The summed E-state index contributed by atoms with van der Waals surface area (Å²) in [5.74, 6) is 0. The Morgan fingerprint density at radius 2 is 1.91 bits per heavy atom. The maximum Gasteiger partial charge on any atom is 0.411 e. The Labute approximate surface area is 129 Å². The number of nitrogens with one attached hydrogen (secondary N) is 1. The van der Waals surface area contributed by atoms with Gasteiger partial charge in [-0.2, -0.15) is 4.57 Å². The number of hydrogen-bond donors (Lipinski definition) is 1. The molecule has 2 aromatic carbocycles. The molecule has 0 saturated carbocycles. The summed E-state index contributed by atoms with van der Waals surface area (Å²) in [5, 5.41) is 6.26. The number of ether oxygens (including phenoxy) is 1. The summed E-state index contributed by atoms with van der Waals surface area (Å²) in [6.45, 7) is 4.23. The van der Waals surface area contributed by atoms with Gasteiger partial charge >= 0.3 is 6.09 Å². The maximum atomic E-state index is 11.6. The molecule has 0 aliphatic rings. The standard InChI is InChI=1S/C18H18N2O2/c1-4-22-18(21)19-13-9-10-14-15-7-5-6-8-17(15)20(3)12(2)16(14)11-13/h5-11H,4H2,1-3H3/p+1. The molecule has 1 aromatic heterocycles. The minimum absolute atomic E-state index is 0.359. The van der Waals surface area contributed by atoms with Crippen LogP contribution < -0.4 is 9.88 Å². The van der Waals surface area contributed by atoms with Gasteiger partial charge in [-0.05, 0) is 25.1 Å². The summed E-state index contributed by atoms with van der Waals surface area (Å²) in [4.78, 5) is 11.6. The van der Waals surface area contributed by atoms with Gasteiger partial charge in [-0.25, -0.2) is 4.79 Å². The third-order valence-electron chi connectivity index (χ3n) is 3.99. The summed E-state index contributed by atoms with van der Waals surface area (Å²) < 4.78 is 7.10. The quantitative estimate of drug-likeness (QED) is 0.578. The van der Waals surface area contributed by atoms with Crippen molar-refractivity contribution >= 4 is 33.5 Å². The first-order valence-electron chi connectivity index (χ1n) is 7.36. The molecule has 0 bridgehead atoms. The molecule has 3 aromatic rings. The topological polar surface area (TPSA) is 42.2 Å². The fourth-order valence-electron chi connectivity index (χ4n) is 2.80. The van der Waals surface area contributed by atoms with Gasteiger partial charge in [-0.15, -0.1) is 0 Å². The van der Waals surface area contributed by atoms with Crippen LogP contribution in [0.5, 0.6) is 0 Å². The zero-order valence-electron chi connectivity index (χ0n) is 13.0. The van der Waals surface area contributed by atoms with E-state index >= 15 is 0 Å². The van der Waals surface area contributed by atoms with Crippen LogP contribution >= 0.6 is 0 Å². The second-order valence-corrected chi connectivity index (χ2v) is 5.27. The Bertz CT molecular complexity index is 872. The number of fused-ring (bicyclic) bond motifs is 3. The number of nitrogens with zero attached hydrogens (tertiary/aromatic N) is 1. The molecule has 1 heterocycles. The predicted octanol–water partition coefficient (Wildman–Crippen LogP) is 3.69. The molecular formula is C18H19N2O2+. The van der Waals surface area contributed by atoms with E-state index in [1.165, 1.54) is 16.3 Å². The molecular weight excluding hydrogens is 276 g/mol. The fraction of sp³-hybridized carbons (Fsp3) is 0.222. The van der Waals surface area contributed by atoms with Crippen LogP contribution in [0.2, 0.25) is 0 Å². The molecule has 1 N–H and O–H groups in total. The van der Waals surface area contributed by atoms with Crippen molar-refractivity contribution in [1.82, 2.24) is 0 Å². The Hall–Kier alpha value is -2.62. The van der Waals surface area contributed by atoms with Crippen molar-refractivity contribution in [3.05, 3.63) is 48.2 Å². The van der Waals surface area contributed by atoms with Gasteiger partial charge in [0, 0.05) is 24.1 Å². The smallest absolute Gasteiger partial charge is 0.411 e. The van der Waals surface area contributed by atoms with E-state index in [2.05, 4.69) is 36.0 Å². The molecule has 0 unspecified atom stereocenters. The summed E-state index contributed by atoms with van der Waals surface area (Å²) in [6, 6.07) is 14.3. The van der Waals surface area contributed by atoms with Crippen molar-refractivity contribution in [2.45, 2.75) is 13.8 Å². The second kappa shape index (κ2) is 5.64. The van der Waals surface area contributed by atoms with Crippen LogP contribution in [0.4, 0.5) is 10.5 Å². The van der Waals surface area contributed by atoms with Crippen LogP contribution in [0.25, 0.3) is 21.7 Å². The van der Waals surface area contributed by atoms with E-state index in [1.807, 2.05) is 30.3 Å². The Balaban J connectivity index is 2.18. The third kappa shape index (κ3) is 2.37. The normalized spacial score (nSPS) is 10.9. The summed E-state index contributed by atoms with van der Waals surface area (Å²) in [7, 11) is 2.06. The van der Waals surface area contributed by atoms with Crippen LogP contribution in [0, 0.1) is 6.92 Å². The number of anilines is 1. The van der Waals surface area contributed by atoms with Crippen LogP contribution in [0.3, 0.4) is 0 Å². The lowest BCUT2D eigenvalue weighted by Crippen LogP contribution is -2.33. The van der Waals surface area contributed by atoms with Crippen molar-refractivity contribution in [2.24, 2.45) is 7.05 Å². The van der Waals surface area contributed by atoms with Crippen molar-refractivity contribution < 1.29 is 14.1 Å². The largest absolute Gasteiger partial charge is 0.450 e. The van der Waals surface area contributed by atoms with Gasteiger partial charge < -0.3 is 4.74 Å². The molecule has 1 amide bonds. The SMILES string of the molecule is CCOC(=O)Nc1ccc2c(c1)c(C)[n+](C)c1ccccc21. The van der Waals surface area contributed by atoms with Crippen molar-refractivity contribution in [1.29, 1.82) is 0 Å². The molecule has 0 radical (unpaired) electrons. The van der Waals surface area contributed by atoms with Crippen LogP contribution in [0.1, 0.15) is 12.6 Å². The fourth-order valence-corrected chi connectivity index (χ4v) is 2.80. The van der Waals surface area contributed by atoms with Crippen LogP contribution in [0.15, 0.2) is 42.5 Å². The molecule has 0 saturated heterocycles. The van der Waals surface area contributed by atoms with Crippen molar-refractivity contribution in [3.63, 3.8) is 0 Å². The van der Waals surface area contributed by atoms with E-state index < -0.39 is 6.09 Å². The minimum atomic E-state index is -0.426. The van der Waals surface area contributed by atoms with Crippen molar-refractivity contribution in [2.75, 3.05) is 11.9 Å². The molecule has 4 heteroatoms. The van der Waals surface area contributed by atoms with Gasteiger partial charge in [0.05, 0.1) is 17.4 Å². The summed E-state index contributed by atoms with van der Waals surface area (Å²) in [6.07, 6.45) is -0.426. The van der Waals surface area contributed by atoms with Gasteiger partial charge in [0.2, 0.25) is 5.52 Å². The highest BCUT2D eigenvalue weighted by molar-refractivity contribution is 6.06. The first kappa shape index (κ1) is 14.3. The number of amides is 1. The average Bonchev–Trinajstić information content (AvgIpc) is 2.53. The van der Waals surface area contributed by atoms with E-state index in [0.717, 1.165) is 16.8 Å². The number of aryl methyl sites for hydroxylation is 2. The molecule has 22 heavy (non-hydrogen) atoms. The Morgan fingerprint density at radius 1 is 1.14 bits per heavy atom. The number of benzene rings is 2. The zero-order valence-corrected chi connectivity index (χ0v) is 13.0.